The van der Waals surface area contributed by atoms with Crippen LogP contribution in [0.5, 0.6) is 0 Å². The van der Waals surface area contributed by atoms with Crippen LogP contribution >= 0.6 is 11.6 Å². The molecule has 0 aromatic heterocycles. The first-order chi connectivity index (χ1) is 8.35. The maximum absolute atomic E-state index is 12.0. The number of halogens is 1. The van der Waals surface area contributed by atoms with E-state index >= 15 is 0 Å². The van der Waals surface area contributed by atoms with Crippen molar-refractivity contribution < 1.29 is 4.79 Å². The zero-order valence-corrected chi connectivity index (χ0v) is 12.1. The lowest BCUT2D eigenvalue weighted by Crippen LogP contribution is -2.53. The maximum Gasteiger partial charge on any atom is 0.239 e. The monoisotopic (exact) mass is 268 g/mol. The highest BCUT2D eigenvalue weighted by Gasteiger charge is 2.26. The summed E-state index contributed by atoms with van der Waals surface area (Å²) in [5.74, 6) is 0.00598. The zero-order valence-electron chi connectivity index (χ0n) is 11.4. The van der Waals surface area contributed by atoms with Crippen LogP contribution in [0.25, 0.3) is 0 Å². The molecule has 1 rings (SSSR count). The molecule has 1 atom stereocenters. The number of carbonyl (C=O) groups is 1. The second-order valence-corrected chi connectivity index (χ2v) is 5.52. The molecule has 100 valence electrons. The van der Waals surface area contributed by atoms with Crippen molar-refractivity contribution in [3.8, 4) is 0 Å². The Balaban J connectivity index is 2.54. The van der Waals surface area contributed by atoms with Crippen molar-refractivity contribution in [3.63, 3.8) is 0 Å². The minimum absolute atomic E-state index is 0.00598. The maximum atomic E-state index is 12.0. The number of hydrogen-bond donors (Lipinski definition) is 2. The van der Waals surface area contributed by atoms with E-state index in [1.54, 1.807) is 7.05 Å². The molecule has 0 aliphatic carbocycles. The average molecular weight is 269 g/mol. The lowest BCUT2D eigenvalue weighted by molar-refractivity contribution is -0.126. The third kappa shape index (κ3) is 4.31. The smallest absolute Gasteiger partial charge is 0.239 e. The molecular weight excluding hydrogens is 248 g/mol. The van der Waals surface area contributed by atoms with Crippen molar-refractivity contribution >= 4 is 17.5 Å². The predicted molar refractivity (Wildman–Crippen MR) is 75.9 cm³/mol. The van der Waals surface area contributed by atoms with Crippen molar-refractivity contribution in [1.82, 2.24) is 10.6 Å². The molecule has 1 aromatic rings. The third-order valence-corrected chi connectivity index (χ3v) is 3.28. The predicted octanol–water partition coefficient (Wildman–Crippen LogP) is 2.39. The van der Waals surface area contributed by atoms with Crippen molar-refractivity contribution in [1.29, 1.82) is 0 Å². The summed E-state index contributed by atoms with van der Waals surface area (Å²) in [6, 6.07) is 7.78. The number of carbonyl (C=O) groups excluding carboxylic acids is 1. The average Bonchev–Trinajstić information content (AvgIpc) is 2.32. The SMILES string of the molecule is CNC(C)(C)C(=O)NC(C)Cc1ccc(Cl)cc1. The van der Waals surface area contributed by atoms with E-state index < -0.39 is 5.54 Å². The van der Waals surface area contributed by atoms with Crippen LogP contribution in [-0.2, 0) is 11.2 Å². The van der Waals surface area contributed by atoms with Crippen molar-refractivity contribution in [2.45, 2.75) is 38.8 Å². The topological polar surface area (TPSA) is 41.1 Å². The largest absolute Gasteiger partial charge is 0.352 e. The lowest BCUT2D eigenvalue weighted by atomic mass is 10.0. The Kier molecular flexibility index (Phi) is 5.17. The first-order valence-corrected chi connectivity index (χ1v) is 6.47. The quantitative estimate of drug-likeness (QED) is 0.861. The summed E-state index contributed by atoms with van der Waals surface area (Å²) < 4.78 is 0. The van der Waals surface area contributed by atoms with Gasteiger partial charge in [0.15, 0.2) is 0 Å². The molecule has 3 nitrogen and oxygen atoms in total. The molecule has 1 amide bonds. The summed E-state index contributed by atoms with van der Waals surface area (Å²) in [5.41, 5.74) is 0.614. The summed E-state index contributed by atoms with van der Waals surface area (Å²) in [4.78, 5) is 12.0. The van der Waals surface area contributed by atoms with Gasteiger partial charge in [0.25, 0.3) is 0 Å². The van der Waals surface area contributed by atoms with E-state index in [9.17, 15) is 4.79 Å². The van der Waals surface area contributed by atoms with Gasteiger partial charge in [0.05, 0.1) is 5.54 Å². The summed E-state index contributed by atoms with van der Waals surface area (Å²) in [6.45, 7) is 5.72. The Bertz CT molecular complexity index is 401. The minimum atomic E-state index is -0.547. The molecule has 0 bridgehead atoms. The van der Waals surface area contributed by atoms with Crippen LogP contribution in [0, 0.1) is 0 Å². The van der Waals surface area contributed by atoms with Gasteiger partial charge < -0.3 is 10.6 Å². The van der Waals surface area contributed by atoms with Gasteiger partial charge in [-0.15, -0.1) is 0 Å². The summed E-state index contributed by atoms with van der Waals surface area (Å²) in [7, 11) is 1.78. The Morgan fingerprint density at radius 1 is 1.33 bits per heavy atom. The van der Waals surface area contributed by atoms with E-state index in [-0.39, 0.29) is 11.9 Å². The summed E-state index contributed by atoms with van der Waals surface area (Å²) in [5, 5.41) is 6.72. The third-order valence-electron chi connectivity index (χ3n) is 3.03. The van der Waals surface area contributed by atoms with E-state index in [1.165, 1.54) is 0 Å². The molecule has 0 heterocycles. The number of nitrogens with one attached hydrogen (secondary N) is 2. The minimum Gasteiger partial charge on any atom is -0.352 e. The summed E-state index contributed by atoms with van der Waals surface area (Å²) in [6.07, 6.45) is 0.794. The van der Waals surface area contributed by atoms with Crippen molar-refractivity contribution in [2.75, 3.05) is 7.05 Å². The van der Waals surface area contributed by atoms with Crippen LogP contribution in [0.4, 0.5) is 0 Å². The fourth-order valence-corrected chi connectivity index (χ4v) is 1.67. The number of rotatable bonds is 5. The number of amides is 1. The molecule has 0 radical (unpaired) electrons. The molecule has 0 aliphatic rings. The second-order valence-electron chi connectivity index (χ2n) is 5.08. The van der Waals surface area contributed by atoms with Gasteiger partial charge in [-0.1, -0.05) is 23.7 Å². The van der Waals surface area contributed by atoms with E-state index in [2.05, 4.69) is 10.6 Å². The fourth-order valence-electron chi connectivity index (χ4n) is 1.54. The Hall–Kier alpha value is -1.06. The van der Waals surface area contributed by atoms with E-state index in [1.807, 2.05) is 45.0 Å². The van der Waals surface area contributed by atoms with Crippen LogP contribution in [0.1, 0.15) is 26.3 Å². The van der Waals surface area contributed by atoms with Gasteiger partial charge in [0.1, 0.15) is 0 Å². The molecule has 0 saturated heterocycles. The molecule has 0 saturated carbocycles. The highest BCUT2D eigenvalue weighted by atomic mass is 35.5. The fraction of sp³-hybridized carbons (Fsp3) is 0.500. The number of benzene rings is 1. The highest BCUT2D eigenvalue weighted by molar-refractivity contribution is 6.30. The Morgan fingerprint density at radius 2 is 1.89 bits per heavy atom. The van der Waals surface area contributed by atoms with Crippen molar-refractivity contribution in [3.05, 3.63) is 34.9 Å². The van der Waals surface area contributed by atoms with E-state index in [0.717, 1.165) is 17.0 Å². The highest BCUT2D eigenvalue weighted by Crippen LogP contribution is 2.11. The molecule has 1 aromatic carbocycles. The first kappa shape index (κ1) is 15.0. The van der Waals surface area contributed by atoms with Gasteiger partial charge in [0, 0.05) is 11.1 Å². The summed E-state index contributed by atoms with van der Waals surface area (Å²) >= 11 is 5.83. The molecule has 4 heteroatoms. The van der Waals surface area contributed by atoms with Gasteiger partial charge in [-0.05, 0) is 51.9 Å². The van der Waals surface area contributed by atoms with Crippen LogP contribution in [0.3, 0.4) is 0 Å². The van der Waals surface area contributed by atoms with Gasteiger partial charge in [0.2, 0.25) is 5.91 Å². The van der Waals surface area contributed by atoms with Crippen molar-refractivity contribution in [2.24, 2.45) is 0 Å². The van der Waals surface area contributed by atoms with Crippen LogP contribution in [0.2, 0.25) is 5.02 Å². The van der Waals surface area contributed by atoms with Crippen LogP contribution in [-0.4, -0.2) is 24.5 Å². The van der Waals surface area contributed by atoms with Gasteiger partial charge in [-0.3, -0.25) is 4.79 Å². The van der Waals surface area contributed by atoms with E-state index in [4.69, 9.17) is 11.6 Å². The molecule has 2 N–H and O–H groups in total. The second kappa shape index (κ2) is 6.21. The van der Waals surface area contributed by atoms with Crippen LogP contribution < -0.4 is 10.6 Å². The molecule has 0 aliphatic heterocycles. The standard InChI is InChI=1S/C14H21ClN2O/c1-10(17-13(18)14(2,3)16-4)9-11-5-7-12(15)8-6-11/h5-8,10,16H,9H2,1-4H3,(H,17,18). The number of hydrogen-bond acceptors (Lipinski definition) is 2. The van der Waals surface area contributed by atoms with E-state index in [0.29, 0.717) is 0 Å². The number of likely N-dealkylation sites (N-methyl/N-ethyl adjacent to an activating group) is 1. The van der Waals surface area contributed by atoms with Gasteiger partial charge in [-0.25, -0.2) is 0 Å². The molecule has 1 unspecified atom stereocenters. The van der Waals surface area contributed by atoms with Gasteiger partial charge in [-0.2, -0.15) is 0 Å². The Morgan fingerprint density at radius 3 is 2.39 bits per heavy atom. The molecule has 0 fully saturated rings. The Labute approximate surface area is 114 Å². The molecule has 18 heavy (non-hydrogen) atoms. The first-order valence-electron chi connectivity index (χ1n) is 6.09. The lowest BCUT2D eigenvalue weighted by Gasteiger charge is -2.25. The molecule has 0 spiro atoms. The van der Waals surface area contributed by atoms with Crippen LogP contribution in [0.15, 0.2) is 24.3 Å². The normalized spacial score (nSPS) is 13.2. The zero-order chi connectivity index (χ0) is 13.8. The molecular formula is C14H21ClN2O. The van der Waals surface area contributed by atoms with Gasteiger partial charge >= 0.3 is 0 Å².